The number of aromatic nitrogens is 3. The van der Waals surface area contributed by atoms with Gasteiger partial charge in [-0.2, -0.15) is 15.0 Å². The van der Waals surface area contributed by atoms with Crippen molar-refractivity contribution in [3.8, 4) is 6.01 Å². The minimum absolute atomic E-state index is 0.161. The fraction of sp³-hybridized carbons (Fsp3) is 0.727. The van der Waals surface area contributed by atoms with Gasteiger partial charge >= 0.3 is 6.01 Å². The number of ether oxygens (including phenoxy) is 2. The lowest BCUT2D eigenvalue weighted by Gasteiger charge is -2.17. The first kappa shape index (κ1) is 14.4. The molecule has 0 bridgehead atoms. The van der Waals surface area contributed by atoms with Gasteiger partial charge in [0, 0.05) is 20.2 Å². The molecule has 0 unspecified atom stereocenters. The van der Waals surface area contributed by atoms with E-state index in [-0.39, 0.29) is 12.0 Å². The number of nitrogens with two attached hydrogens (primary N) is 1. The van der Waals surface area contributed by atoms with Crippen molar-refractivity contribution in [2.75, 3.05) is 44.0 Å². The zero-order valence-electron chi connectivity index (χ0n) is 11.2. The van der Waals surface area contributed by atoms with E-state index in [0.29, 0.717) is 32.3 Å². The van der Waals surface area contributed by atoms with Gasteiger partial charge in [0.2, 0.25) is 11.9 Å². The van der Waals surface area contributed by atoms with Gasteiger partial charge in [-0.15, -0.1) is 0 Å². The van der Waals surface area contributed by atoms with Crippen molar-refractivity contribution in [3.63, 3.8) is 0 Å². The van der Waals surface area contributed by atoms with Gasteiger partial charge in [0.05, 0.1) is 13.2 Å². The molecule has 102 valence electrons. The van der Waals surface area contributed by atoms with Crippen LogP contribution in [0.3, 0.4) is 0 Å². The Balaban J connectivity index is 2.65. The summed E-state index contributed by atoms with van der Waals surface area (Å²) in [6.07, 6.45) is 0.890. The zero-order valence-corrected chi connectivity index (χ0v) is 11.2. The van der Waals surface area contributed by atoms with E-state index in [9.17, 15) is 0 Å². The highest BCUT2D eigenvalue weighted by Gasteiger charge is 2.09. The van der Waals surface area contributed by atoms with Crippen molar-refractivity contribution in [2.45, 2.75) is 20.3 Å². The van der Waals surface area contributed by atoms with Crippen LogP contribution in [0.5, 0.6) is 6.01 Å². The van der Waals surface area contributed by atoms with E-state index < -0.39 is 0 Å². The van der Waals surface area contributed by atoms with Crippen LogP contribution in [-0.2, 0) is 4.74 Å². The van der Waals surface area contributed by atoms with E-state index in [1.165, 1.54) is 0 Å². The molecule has 7 heteroatoms. The van der Waals surface area contributed by atoms with Gasteiger partial charge in [-0.05, 0) is 13.3 Å². The molecule has 0 saturated carbocycles. The summed E-state index contributed by atoms with van der Waals surface area (Å²) in [6.45, 7) is 6.52. The van der Waals surface area contributed by atoms with Crippen LogP contribution in [0.1, 0.15) is 20.3 Å². The van der Waals surface area contributed by atoms with E-state index >= 15 is 0 Å². The van der Waals surface area contributed by atoms with Crippen LogP contribution in [0.25, 0.3) is 0 Å². The van der Waals surface area contributed by atoms with Gasteiger partial charge < -0.3 is 20.1 Å². The summed E-state index contributed by atoms with van der Waals surface area (Å²) in [4.78, 5) is 14.0. The van der Waals surface area contributed by atoms with Crippen LogP contribution >= 0.6 is 0 Å². The molecule has 1 aromatic heterocycles. The molecule has 0 fully saturated rings. The van der Waals surface area contributed by atoms with Crippen LogP contribution in [0.15, 0.2) is 0 Å². The van der Waals surface area contributed by atoms with Gasteiger partial charge in [-0.1, -0.05) is 6.92 Å². The van der Waals surface area contributed by atoms with Gasteiger partial charge in [0.25, 0.3) is 0 Å². The van der Waals surface area contributed by atoms with Crippen LogP contribution in [-0.4, -0.2) is 48.4 Å². The molecule has 0 atom stereocenters. The lowest BCUT2D eigenvalue weighted by molar-refractivity contribution is 0.154. The first-order valence-corrected chi connectivity index (χ1v) is 6.10. The van der Waals surface area contributed by atoms with E-state index in [2.05, 4.69) is 15.0 Å². The molecule has 0 radical (unpaired) electrons. The molecule has 0 spiro atoms. The summed E-state index contributed by atoms with van der Waals surface area (Å²) in [6, 6.07) is 0.266. The van der Waals surface area contributed by atoms with Crippen molar-refractivity contribution >= 4 is 11.9 Å². The SMILES string of the molecule is CCCOc1nc(N)nc(N(C)CCOCC)n1. The zero-order chi connectivity index (χ0) is 13.4. The Hall–Kier alpha value is -1.63. The highest BCUT2D eigenvalue weighted by molar-refractivity contribution is 5.34. The number of rotatable bonds is 8. The summed E-state index contributed by atoms with van der Waals surface area (Å²) < 4.78 is 10.6. The van der Waals surface area contributed by atoms with Crippen LogP contribution < -0.4 is 15.4 Å². The van der Waals surface area contributed by atoms with E-state index in [1.54, 1.807) is 0 Å². The quantitative estimate of drug-likeness (QED) is 0.685. The summed E-state index contributed by atoms with van der Waals surface area (Å²) in [5.41, 5.74) is 5.62. The van der Waals surface area contributed by atoms with Gasteiger partial charge in [0.1, 0.15) is 0 Å². The van der Waals surface area contributed by atoms with Crippen molar-refractivity contribution in [1.82, 2.24) is 15.0 Å². The first-order valence-electron chi connectivity index (χ1n) is 6.10. The lowest BCUT2D eigenvalue weighted by atomic mass is 10.5. The second kappa shape index (κ2) is 7.65. The van der Waals surface area contributed by atoms with Crippen LogP contribution in [0.2, 0.25) is 0 Å². The molecule has 1 heterocycles. The molecule has 0 aliphatic rings. The third-order valence-electron chi connectivity index (χ3n) is 2.17. The molecule has 0 saturated heterocycles. The summed E-state index contributed by atoms with van der Waals surface area (Å²) in [7, 11) is 1.87. The Morgan fingerprint density at radius 2 is 1.94 bits per heavy atom. The van der Waals surface area contributed by atoms with Gasteiger partial charge in [0.15, 0.2) is 0 Å². The third kappa shape index (κ3) is 4.70. The Morgan fingerprint density at radius 1 is 1.17 bits per heavy atom. The minimum Gasteiger partial charge on any atom is -0.463 e. The Morgan fingerprint density at radius 3 is 2.61 bits per heavy atom. The summed E-state index contributed by atoms with van der Waals surface area (Å²) in [5.74, 6) is 0.655. The summed E-state index contributed by atoms with van der Waals surface area (Å²) >= 11 is 0. The monoisotopic (exact) mass is 255 g/mol. The number of likely N-dealkylation sites (N-methyl/N-ethyl adjacent to an activating group) is 1. The number of anilines is 2. The molecule has 7 nitrogen and oxygen atoms in total. The molecular weight excluding hydrogens is 234 g/mol. The fourth-order valence-electron chi connectivity index (χ4n) is 1.24. The molecule has 0 aromatic carbocycles. The maximum Gasteiger partial charge on any atom is 0.323 e. The van der Waals surface area contributed by atoms with Crippen LogP contribution in [0, 0.1) is 0 Å². The first-order chi connectivity index (χ1) is 8.67. The highest BCUT2D eigenvalue weighted by Crippen LogP contribution is 2.12. The smallest absolute Gasteiger partial charge is 0.323 e. The Labute approximate surface area is 107 Å². The van der Waals surface area contributed by atoms with Gasteiger partial charge in [-0.3, -0.25) is 0 Å². The number of hydrogen-bond donors (Lipinski definition) is 1. The number of nitrogen functional groups attached to an aromatic ring is 1. The molecule has 1 aromatic rings. The van der Waals surface area contributed by atoms with Gasteiger partial charge in [-0.25, -0.2) is 0 Å². The molecule has 2 N–H and O–H groups in total. The third-order valence-corrected chi connectivity index (χ3v) is 2.17. The van der Waals surface area contributed by atoms with E-state index in [0.717, 1.165) is 6.42 Å². The maximum absolute atomic E-state index is 5.62. The minimum atomic E-state index is 0.161. The number of hydrogen-bond acceptors (Lipinski definition) is 7. The largest absolute Gasteiger partial charge is 0.463 e. The van der Waals surface area contributed by atoms with E-state index in [1.807, 2.05) is 25.8 Å². The molecule has 18 heavy (non-hydrogen) atoms. The normalized spacial score (nSPS) is 10.4. The highest BCUT2D eigenvalue weighted by atomic mass is 16.5. The molecule has 0 aliphatic heterocycles. The maximum atomic E-state index is 5.62. The average Bonchev–Trinajstić information content (AvgIpc) is 2.36. The topological polar surface area (TPSA) is 86.4 Å². The molecular formula is C11H21N5O2. The van der Waals surface area contributed by atoms with Crippen molar-refractivity contribution in [2.24, 2.45) is 0 Å². The standard InChI is InChI=1S/C11H21N5O2/c1-4-7-18-11-14-9(12)13-10(15-11)16(3)6-8-17-5-2/h4-8H2,1-3H3,(H2,12,13,14,15). The van der Waals surface area contributed by atoms with Crippen molar-refractivity contribution in [1.29, 1.82) is 0 Å². The Kier molecular flexibility index (Phi) is 6.13. The van der Waals surface area contributed by atoms with E-state index in [4.69, 9.17) is 15.2 Å². The summed E-state index contributed by atoms with van der Waals surface area (Å²) in [5, 5.41) is 0. The van der Waals surface area contributed by atoms with Crippen molar-refractivity contribution < 1.29 is 9.47 Å². The second-order valence-electron chi connectivity index (χ2n) is 3.74. The second-order valence-corrected chi connectivity index (χ2v) is 3.74. The molecule has 1 rings (SSSR count). The molecule has 0 amide bonds. The predicted octanol–water partition coefficient (Wildman–Crippen LogP) is 0.715. The Bertz CT molecular complexity index is 361. The molecule has 0 aliphatic carbocycles. The van der Waals surface area contributed by atoms with Crippen molar-refractivity contribution in [3.05, 3.63) is 0 Å². The predicted molar refractivity (Wildman–Crippen MR) is 69.8 cm³/mol. The fourth-order valence-corrected chi connectivity index (χ4v) is 1.24. The van der Waals surface area contributed by atoms with Crippen LogP contribution in [0.4, 0.5) is 11.9 Å². The lowest BCUT2D eigenvalue weighted by Crippen LogP contribution is -2.25. The average molecular weight is 255 g/mol. The number of nitrogens with zero attached hydrogens (tertiary/aromatic N) is 4.